The lowest BCUT2D eigenvalue weighted by Gasteiger charge is -2.17. The predicted octanol–water partition coefficient (Wildman–Crippen LogP) is 2.44. The normalized spacial score (nSPS) is 12.8. The number of halogens is 1. The van der Waals surface area contributed by atoms with E-state index >= 15 is 0 Å². The summed E-state index contributed by atoms with van der Waals surface area (Å²) < 4.78 is 10.6. The minimum Gasteiger partial charge on any atom is -0.497 e. The Morgan fingerprint density at radius 1 is 1.40 bits per heavy atom. The number of ether oxygens (including phenoxy) is 2. The summed E-state index contributed by atoms with van der Waals surface area (Å²) in [4.78, 5) is 12.0. The first-order valence-corrected chi connectivity index (χ1v) is 6.36. The Kier molecular flexibility index (Phi) is 8.03. The first-order valence-electron chi connectivity index (χ1n) is 6.36. The maximum Gasteiger partial charge on any atom is 0.228 e. The van der Waals surface area contributed by atoms with Crippen molar-refractivity contribution in [3.05, 3.63) is 18.2 Å². The monoisotopic (exact) mass is 302 g/mol. The third-order valence-corrected chi connectivity index (χ3v) is 2.95. The van der Waals surface area contributed by atoms with Crippen LogP contribution in [-0.4, -0.2) is 25.7 Å². The molecule has 20 heavy (non-hydrogen) atoms. The first-order chi connectivity index (χ1) is 8.99. The van der Waals surface area contributed by atoms with E-state index < -0.39 is 0 Å². The van der Waals surface area contributed by atoms with Crippen LogP contribution in [0.2, 0.25) is 0 Å². The number of rotatable bonds is 6. The third-order valence-electron chi connectivity index (χ3n) is 2.95. The molecular weight excluding hydrogens is 280 g/mol. The van der Waals surface area contributed by atoms with Crippen LogP contribution in [0.25, 0.3) is 0 Å². The Labute approximate surface area is 126 Å². The van der Waals surface area contributed by atoms with Gasteiger partial charge in [-0.2, -0.15) is 0 Å². The summed E-state index contributed by atoms with van der Waals surface area (Å²) in [5, 5.41) is 2.83. The second-order valence-electron chi connectivity index (χ2n) is 4.43. The van der Waals surface area contributed by atoms with Gasteiger partial charge in [0.1, 0.15) is 11.5 Å². The Hall–Kier alpha value is -1.46. The van der Waals surface area contributed by atoms with Crippen LogP contribution < -0.4 is 20.5 Å². The average molecular weight is 303 g/mol. The number of carbonyl (C=O) groups excluding carboxylic acids is 1. The second kappa shape index (κ2) is 8.66. The molecule has 1 aromatic carbocycles. The highest BCUT2D eigenvalue weighted by Gasteiger charge is 2.18. The van der Waals surface area contributed by atoms with Crippen molar-refractivity contribution in [2.24, 2.45) is 11.7 Å². The molecule has 0 saturated heterocycles. The van der Waals surface area contributed by atoms with Crippen molar-refractivity contribution < 1.29 is 14.3 Å². The minimum absolute atomic E-state index is 0. The Morgan fingerprint density at radius 3 is 2.55 bits per heavy atom. The molecule has 5 nitrogen and oxygen atoms in total. The first kappa shape index (κ1) is 18.5. The maximum atomic E-state index is 12.0. The van der Waals surface area contributed by atoms with Crippen molar-refractivity contribution >= 4 is 24.0 Å². The van der Waals surface area contributed by atoms with Gasteiger partial charge in [-0.05, 0) is 26.0 Å². The second-order valence-corrected chi connectivity index (χ2v) is 4.43. The lowest BCUT2D eigenvalue weighted by atomic mass is 10.0. The van der Waals surface area contributed by atoms with Crippen LogP contribution in [0.3, 0.4) is 0 Å². The number of hydrogen-bond acceptors (Lipinski definition) is 4. The standard InChI is InChI=1S/C14H22N2O3.ClH/c1-5-19-13-7-6-11(18-4)8-12(13)16-14(17)9(2)10(3)15;/h6-10H,5,15H2,1-4H3,(H,16,17);1H. The van der Waals surface area contributed by atoms with Crippen molar-refractivity contribution in [2.75, 3.05) is 19.0 Å². The summed E-state index contributed by atoms with van der Waals surface area (Å²) in [5.74, 6) is 0.866. The number of benzene rings is 1. The molecule has 0 aliphatic carbocycles. The molecule has 0 heterocycles. The molecule has 0 fully saturated rings. The van der Waals surface area contributed by atoms with E-state index in [9.17, 15) is 4.79 Å². The van der Waals surface area contributed by atoms with Gasteiger partial charge in [-0.15, -0.1) is 12.4 Å². The zero-order valence-corrected chi connectivity index (χ0v) is 13.1. The minimum atomic E-state index is -0.277. The van der Waals surface area contributed by atoms with Crippen LogP contribution in [0, 0.1) is 5.92 Å². The van der Waals surface area contributed by atoms with Crippen LogP contribution in [0.5, 0.6) is 11.5 Å². The topological polar surface area (TPSA) is 73.6 Å². The lowest BCUT2D eigenvalue weighted by Crippen LogP contribution is -2.34. The molecule has 1 amide bonds. The molecule has 0 aliphatic heterocycles. The number of nitrogens with one attached hydrogen (secondary N) is 1. The molecule has 114 valence electrons. The van der Waals surface area contributed by atoms with Crippen LogP contribution in [0.1, 0.15) is 20.8 Å². The molecule has 2 unspecified atom stereocenters. The zero-order chi connectivity index (χ0) is 14.4. The SMILES string of the molecule is CCOc1ccc(OC)cc1NC(=O)C(C)C(C)N.Cl. The van der Waals surface area contributed by atoms with Gasteiger partial charge in [-0.3, -0.25) is 4.79 Å². The van der Waals surface area contributed by atoms with E-state index in [1.54, 1.807) is 39.2 Å². The zero-order valence-electron chi connectivity index (χ0n) is 12.3. The van der Waals surface area contributed by atoms with E-state index in [0.717, 1.165) is 0 Å². The van der Waals surface area contributed by atoms with Gasteiger partial charge in [-0.25, -0.2) is 0 Å². The summed E-state index contributed by atoms with van der Waals surface area (Å²) in [6, 6.07) is 5.09. The van der Waals surface area contributed by atoms with Crippen LogP contribution in [0.15, 0.2) is 18.2 Å². The fraction of sp³-hybridized carbons (Fsp3) is 0.500. The Bertz CT molecular complexity index is 438. The highest BCUT2D eigenvalue weighted by molar-refractivity contribution is 5.94. The summed E-state index contributed by atoms with van der Waals surface area (Å²) in [7, 11) is 1.58. The van der Waals surface area contributed by atoms with Crippen molar-refractivity contribution in [2.45, 2.75) is 26.8 Å². The van der Waals surface area contributed by atoms with Crippen molar-refractivity contribution in [3.63, 3.8) is 0 Å². The number of carbonyl (C=O) groups is 1. The molecule has 0 radical (unpaired) electrons. The molecular formula is C14H23ClN2O3. The molecule has 0 bridgehead atoms. The molecule has 0 spiro atoms. The highest BCUT2D eigenvalue weighted by atomic mass is 35.5. The lowest BCUT2D eigenvalue weighted by molar-refractivity contribution is -0.119. The molecule has 1 aromatic rings. The quantitative estimate of drug-likeness (QED) is 0.846. The number of nitrogens with two attached hydrogens (primary N) is 1. The van der Waals surface area contributed by atoms with Crippen LogP contribution >= 0.6 is 12.4 Å². The van der Waals surface area contributed by atoms with Crippen LogP contribution in [-0.2, 0) is 4.79 Å². The van der Waals surface area contributed by atoms with Gasteiger partial charge in [0.05, 0.1) is 25.3 Å². The molecule has 2 atom stereocenters. The summed E-state index contributed by atoms with van der Waals surface area (Å²) in [5.41, 5.74) is 6.32. The molecule has 0 aromatic heterocycles. The van der Waals surface area contributed by atoms with Gasteiger partial charge < -0.3 is 20.5 Å². The van der Waals surface area contributed by atoms with Gasteiger partial charge in [0, 0.05) is 12.1 Å². The fourth-order valence-electron chi connectivity index (χ4n) is 1.50. The van der Waals surface area contributed by atoms with E-state index in [1.807, 2.05) is 6.92 Å². The smallest absolute Gasteiger partial charge is 0.228 e. The van der Waals surface area contributed by atoms with E-state index in [0.29, 0.717) is 23.8 Å². The summed E-state index contributed by atoms with van der Waals surface area (Å²) in [6.45, 7) is 6.01. The number of hydrogen-bond donors (Lipinski definition) is 2. The average Bonchev–Trinajstić information content (AvgIpc) is 2.39. The highest BCUT2D eigenvalue weighted by Crippen LogP contribution is 2.29. The van der Waals surface area contributed by atoms with Crippen LogP contribution in [0.4, 0.5) is 5.69 Å². The van der Waals surface area contributed by atoms with Gasteiger partial charge in [-0.1, -0.05) is 6.92 Å². The largest absolute Gasteiger partial charge is 0.497 e. The molecule has 0 saturated carbocycles. The van der Waals surface area contributed by atoms with Gasteiger partial charge >= 0.3 is 0 Å². The number of anilines is 1. The third kappa shape index (κ3) is 4.90. The molecule has 1 rings (SSSR count). The predicted molar refractivity (Wildman–Crippen MR) is 82.9 cm³/mol. The number of methoxy groups -OCH3 is 1. The maximum absolute atomic E-state index is 12.0. The van der Waals surface area contributed by atoms with E-state index in [1.165, 1.54) is 0 Å². The van der Waals surface area contributed by atoms with E-state index in [4.69, 9.17) is 15.2 Å². The van der Waals surface area contributed by atoms with Gasteiger partial charge in [0.15, 0.2) is 0 Å². The number of amides is 1. The fourth-order valence-corrected chi connectivity index (χ4v) is 1.50. The van der Waals surface area contributed by atoms with E-state index in [-0.39, 0.29) is 30.3 Å². The molecule has 0 aliphatic rings. The van der Waals surface area contributed by atoms with Gasteiger partial charge in [0.2, 0.25) is 5.91 Å². The van der Waals surface area contributed by atoms with Crippen molar-refractivity contribution in [3.8, 4) is 11.5 Å². The van der Waals surface area contributed by atoms with Crippen molar-refractivity contribution in [1.29, 1.82) is 0 Å². The van der Waals surface area contributed by atoms with E-state index in [2.05, 4.69) is 5.32 Å². The Balaban J connectivity index is 0.00000361. The summed E-state index contributed by atoms with van der Waals surface area (Å²) in [6.07, 6.45) is 0. The molecule has 6 heteroatoms. The summed E-state index contributed by atoms with van der Waals surface area (Å²) >= 11 is 0. The van der Waals surface area contributed by atoms with Crippen molar-refractivity contribution in [1.82, 2.24) is 0 Å². The van der Waals surface area contributed by atoms with Gasteiger partial charge in [0.25, 0.3) is 0 Å². The Morgan fingerprint density at radius 2 is 2.05 bits per heavy atom. The molecule has 3 N–H and O–H groups in total.